The number of primary amides is 1. The Hall–Kier alpha value is -2.37. The Bertz CT molecular complexity index is 1370. The van der Waals surface area contributed by atoms with Crippen molar-refractivity contribution in [2.75, 3.05) is 13.1 Å². The molecule has 0 bridgehead atoms. The number of carbonyl (C=O) groups is 3. The fraction of sp³-hybridized carbons (Fsp3) is 0.375. The van der Waals surface area contributed by atoms with E-state index in [0.717, 1.165) is 9.21 Å². The largest absolute Gasteiger partial charge is 0.366 e. The highest BCUT2D eigenvalue weighted by Crippen LogP contribution is 2.41. The van der Waals surface area contributed by atoms with E-state index in [2.05, 4.69) is 0 Å². The van der Waals surface area contributed by atoms with E-state index in [1.165, 1.54) is 23.1 Å². The van der Waals surface area contributed by atoms with Crippen LogP contribution in [0.4, 0.5) is 0 Å². The molecule has 2 heterocycles. The van der Waals surface area contributed by atoms with Crippen LogP contribution in [0.2, 0.25) is 15.1 Å². The van der Waals surface area contributed by atoms with E-state index in [-0.39, 0.29) is 34.3 Å². The summed E-state index contributed by atoms with van der Waals surface area (Å²) in [5, 5.41) is 0.558. The lowest BCUT2D eigenvalue weighted by Crippen LogP contribution is -2.83. The Morgan fingerprint density at radius 2 is 1.70 bits per heavy atom. The predicted octanol–water partition coefficient (Wildman–Crippen LogP) is 2.91. The first-order valence-electron chi connectivity index (χ1n) is 11.5. The van der Waals surface area contributed by atoms with Gasteiger partial charge in [0.15, 0.2) is 0 Å². The monoisotopic (exact) mass is 586 g/mol. The molecule has 2 atom stereocenters. The van der Waals surface area contributed by atoms with Crippen LogP contribution in [0.25, 0.3) is 0 Å². The van der Waals surface area contributed by atoms with Crippen molar-refractivity contribution in [2.45, 2.75) is 49.3 Å². The number of sulfonamides is 1. The first-order chi connectivity index (χ1) is 17.3. The molecule has 2 fully saturated rings. The van der Waals surface area contributed by atoms with Gasteiger partial charge in [0.1, 0.15) is 10.9 Å². The van der Waals surface area contributed by atoms with Crippen molar-refractivity contribution in [3.05, 3.63) is 63.1 Å². The van der Waals surface area contributed by atoms with Crippen LogP contribution >= 0.6 is 34.8 Å². The smallest absolute Gasteiger partial charge is 0.261 e. The molecule has 0 saturated carbocycles. The van der Waals surface area contributed by atoms with E-state index < -0.39 is 52.0 Å². The van der Waals surface area contributed by atoms with Crippen LogP contribution in [0.1, 0.15) is 25.8 Å². The maximum absolute atomic E-state index is 14.0. The molecule has 4 rings (SSSR count). The van der Waals surface area contributed by atoms with Crippen LogP contribution in [0.5, 0.6) is 0 Å². The molecule has 2 aromatic carbocycles. The summed E-state index contributed by atoms with van der Waals surface area (Å²) < 4.78 is 28.9. The van der Waals surface area contributed by atoms with Crippen molar-refractivity contribution in [2.24, 2.45) is 5.73 Å². The van der Waals surface area contributed by atoms with Crippen molar-refractivity contribution in [1.82, 2.24) is 14.1 Å². The molecular formula is C24H25Cl3N4O5S. The molecule has 2 aliphatic rings. The van der Waals surface area contributed by atoms with Gasteiger partial charge in [0.05, 0.1) is 11.6 Å². The number of fused-ring (bicyclic) bond motifs is 1. The Morgan fingerprint density at radius 3 is 2.27 bits per heavy atom. The SMILES string of the molecule is CC(C)N1CC2(C(N)=O)N(C(=O)CCN2S(=O)(=O)c2ccc(Cl)cc2Cl)C(Cc2ccc(Cl)cc2)C1=O. The molecule has 0 aliphatic carbocycles. The molecule has 198 valence electrons. The van der Waals surface area contributed by atoms with Gasteiger partial charge in [-0.05, 0) is 49.7 Å². The third kappa shape index (κ3) is 4.70. The number of nitrogens with zero attached hydrogens (tertiary/aromatic N) is 3. The van der Waals surface area contributed by atoms with Crippen LogP contribution in [0.15, 0.2) is 47.4 Å². The quantitative estimate of drug-likeness (QED) is 0.557. The Morgan fingerprint density at radius 1 is 1.08 bits per heavy atom. The summed E-state index contributed by atoms with van der Waals surface area (Å²) in [6.45, 7) is 2.72. The van der Waals surface area contributed by atoms with Gasteiger partial charge < -0.3 is 15.5 Å². The molecule has 2 unspecified atom stereocenters. The zero-order valence-electron chi connectivity index (χ0n) is 20.0. The molecule has 37 heavy (non-hydrogen) atoms. The van der Waals surface area contributed by atoms with Crippen molar-refractivity contribution in [3.63, 3.8) is 0 Å². The standard InChI is InChI=1S/C24H25Cl3N4O5S/c1-14(2)29-13-24(23(28)34)30(37(35,36)20-8-7-17(26)12-18(20)27)10-9-21(32)31(24)19(22(29)33)11-15-3-5-16(25)6-4-15/h3-8,12,14,19H,9-11,13H2,1-2H3,(H2,28,34). The summed E-state index contributed by atoms with van der Waals surface area (Å²) in [5.74, 6) is -2.05. The second-order valence-corrected chi connectivity index (χ2v) is 12.4. The molecule has 0 aromatic heterocycles. The third-order valence-electron chi connectivity index (χ3n) is 6.70. The van der Waals surface area contributed by atoms with Gasteiger partial charge in [0.25, 0.3) is 5.91 Å². The van der Waals surface area contributed by atoms with Gasteiger partial charge >= 0.3 is 0 Å². The molecule has 2 saturated heterocycles. The zero-order valence-corrected chi connectivity index (χ0v) is 23.1. The number of hydrogen-bond donors (Lipinski definition) is 1. The van der Waals surface area contributed by atoms with Crippen LogP contribution < -0.4 is 5.73 Å². The van der Waals surface area contributed by atoms with Crippen molar-refractivity contribution < 1.29 is 22.8 Å². The molecule has 2 aromatic rings. The molecule has 13 heteroatoms. The van der Waals surface area contributed by atoms with Crippen LogP contribution in [-0.4, -0.2) is 71.1 Å². The summed E-state index contributed by atoms with van der Waals surface area (Å²) in [5.41, 5.74) is 4.43. The molecule has 3 amide bonds. The number of amides is 3. The number of nitrogens with two attached hydrogens (primary N) is 1. The molecule has 2 N–H and O–H groups in total. The van der Waals surface area contributed by atoms with E-state index in [1.54, 1.807) is 38.1 Å². The summed E-state index contributed by atoms with van der Waals surface area (Å²) in [6, 6.07) is 8.95. The van der Waals surface area contributed by atoms with Gasteiger partial charge in [-0.15, -0.1) is 0 Å². The lowest BCUT2D eigenvalue weighted by Gasteiger charge is -2.58. The van der Waals surface area contributed by atoms with E-state index in [1.807, 2.05) is 0 Å². The van der Waals surface area contributed by atoms with E-state index in [4.69, 9.17) is 40.5 Å². The topological polar surface area (TPSA) is 121 Å². The van der Waals surface area contributed by atoms with Gasteiger partial charge in [0, 0.05) is 35.5 Å². The number of carbonyl (C=O) groups excluding carboxylic acids is 3. The minimum absolute atomic E-state index is 0.0234. The lowest BCUT2D eigenvalue weighted by atomic mass is 9.90. The molecular weight excluding hydrogens is 563 g/mol. The second kappa shape index (κ2) is 10.1. The fourth-order valence-corrected chi connectivity index (χ4v) is 7.51. The normalized spacial score (nSPS) is 22.9. The Kier molecular flexibility index (Phi) is 7.53. The summed E-state index contributed by atoms with van der Waals surface area (Å²) >= 11 is 18.2. The van der Waals surface area contributed by atoms with Crippen molar-refractivity contribution in [1.29, 1.82) is 0 Å². The van der Waals surface area contributed by atoms with E-state index in [0.29, 0.717) is 10.6 Å². The van der Waals surface area contributed by atoms with Crippen LogP contribution in [-0.2, 0) is 30.8 Å². The summed E-state index contributed by atoms with van der Waals surface area (Å²) in [7, 11) is -4.48. The highest BCUT2D eigenvalue weighted by atomic mass is 35.5. The third-order valence-corrected chi connectivity index (χ3v) is 9.59. The van der Waals surface area contributed by atoms with Gasteiger partial charge in [-0.25, -0.2) is 8.42 Å². The lowest BCUT2D eigenvalue weighted by molar-refractivity contribution is -0.186. The summed E-state index contributed by atoms with van der Waals surface area (Å²) in [4.78, 5) is 42.5. The maximum atomic E-state index is 14.0. The van der Waals surface area contributed by atoms with Gasteiger partial charge in [-0.2, -0.15) is 4.31 Å². The zero-order chi connectivity index (χ0) is 27.3. The van der Waals surface area contributed by atoms with Crippen LogP contribution in [0, 0.1) is 0 Å². The van der Waals surface area contributed by atoms with E-state index in [9.17, 15) is 22.8 Å². The van der Waals surface area contributed by atoms with Gasteiger partial charge in [0.2, 0.25) is 27.5 Å². The second-order valence-electron chi connectivity index (χ2n) is 9.25. The minimum atomic E-state index is -4.48. The Labute approximate surface area is 230 Å². The maximum Gasteiger partial charge on any atom is 0.261 e. The average Bonchev–Trinajstić information content (AvgIpc) is 2.81. The highest BCUT2D eigenvalue weighted by Gasteiger charge is 2.64. The number of rotatable bonds is 6. The minimum Gasteiger partial charge on any atom is -0.366 e. The molecule has 0 radical (unpaired) electrons. The molecule has 9 nitrogen and oxygen atoms in total. The number of benzene rings is 2. The number of hydrogen-bond acceptors (Lipinski definition) is 5. The van der Waals surface area contributed by atoms with Crippen molar-refractivity contribution in [3.8, 4) is 0 Å². The first kappa shape index (κ1) is 27.7. The highest BCUT2D eigenvalue weighted by molar-refractivity contribution is 7.89. The number of halogens is 3. The van der Waals surface area contributed by atoms with Crippen LogP contribution in [0.3, 0.4) is 0 Å². The average molecular weight is 588 g/mol. The fourth-order valence-electron chi connectivity index (χ4n) is 4.93. The van der Waals surface area contributed by atoms with Gasteiger partial charge in [-0.1, -0.05) is 46.9 Å². The van der Waals surface area contributed by atoms with Gasteiger partial charge in [-0.3, -0.25) is 14.4 Å². The first-order valence-corrected chi connectivity index (χ1v) is 14.0. The van der Waals surface area contributed by atoms with Crippen molar-refractivity contribution >= 4 is 62.5 Å². The number of piperazine rings is 1. The Balaban J connectivity index is 1.92. The molecule has 2 aliphatic heterocycles. The predicted molar refractivity (Wildman–Crippen MR) is 140 cm³/mol. The summed E-state index contributed by atoms with van der Waals surface area (Å²) in [6.07, 6.45) is -0.235. The molecule has 0 spiro atoms. The van der Waals surface area contributed by atoms with E-state index >= 15 is 0 Å².